The number of amides is 1. The standard InChI is InChI=1S/C15H16Cl3N3O2.C9H10FNO2/c1-2-4-20(15(22)21-5-3-19-10-21)6-7-23-14-12(17)8-11(16)9-13(14)18;10-7-3-1-2-6(4-7)5-8(11)9(12)13/h3,5,8-10H,2,4,6-7H2,1H3;1-4,8H,5,11H2,(H,12,13). The van der Waals surface area contributed by atoms with Gasteiger partial charge in [0.2, 0.25) is 0 Å². The van der Waals surface area contributed by atoms with Crippen LogP contribution in [-0.4, -0.2) is 57.3 Å². The quantitative estimate of drug-likeness (QED) is 0.364. The smallest absolute Gasteiger partial charge is 0.329 e. The van der Waals surface area contributed by atoms with Crippen LogP contribution in [-0.2, 0) is 11.2 Å². The molecular weight excluding hydrogens is 534 g/mol. The van der Waals surface area contributed by atoms with Gasteiger partial charge in [0.1, 0.15) is 24.8 Å². The number of rotatable bonds is 9. The molecule has 1 unspecified atom stereocenters. The highest BCUT2D eigenvalue weighted by molar-refractivity contribution is 6.40. The lowest BCUT2D eigenvalue weighted by atomic mass is 10.1. The lowest BCUT2D eigenvalue weighted by Crippen LogP contribution is -2.37. The summed E-state index contributed by atoms with van der Waals surface area (Å²) in [6.45, 7) is 3.28. The molecule has 1 amide bonds. The van der Waals surface area contributed by atoms with Gasteiger partial charge in [0.25, 0.3) is 0 Å². The van der Waals surface area contributed by atoms with E-state index < -0.39 is 12.0 Å². The van der Waals surface area contributed by atoms with E-state index in [1.54, 1.807) is 35.5 Å². The van der Waals surface area contributed by atoms with Crippen LogP contribution >= 0.6 is 34.8 Å². The first-order valence-corrected chi connectivity index (χ1v) is 12.0. The van der Waals surface area contributed by atoms with E-state index in [1.165, 1.54) is 29.1 Å². The van der Waals surface area contributed by atoms with Gasteiger partial charge < -0.3 is 20.5 Å². The SMILES string of the molecule is CCCN(CCOc1c(Cl)cc(Cl)cc1Cl)C(=O)n1ccnc1.NC(Cc1cccc(F)c1)C(=O)O. The van der Waals surface area contributed by atoms with Gasteiger partial charge in [0.05, 0.1) is 16.6 Å². The van der Waals surface area contributed by atoms with Crippen molar-refractivity contribution in [1.82, 2.24) is 14.5 Å². The summed E-state index contributed by atoms with van der Waals surface area (Å²) in [6, 6.07) is 7.75. The summed E-state index contributed by atoms with van der Waals surface area (Å²) in [5, 5.41) is 9.61. The number of hydrogen-bond donors (Lipinski definition) is 2. The van der Waals surface area contributed by atoms with Crippen LogP contribution in [0, 0.1) is 5.82 Å². The number of aromatic nitrogens is 2. The summed E-state index contributed by atoms with van der Waals surface area (Å²) in [6.07, 6.45) is 5.62. The minimum Gasteiger partial charge on any atom is -0.489 e. The minimum atomic E-state index is -1.08. The molecule has 3 rings (SSSR count). The number of carbonyl (C=O) groups is 2. The van der Waals surface area contributed by atoms with E-state index >= 15 is 0 Å². The van der Waals surface area contributed by atoms with E-state index in [9.17, 15) is 14.0 Å². The lowest BCUT2D eigenvalue weighted by molar-refractivity contribution is -0.138. The first-order valence-electron chi connectivity index (χ1n) is 10.9. The third kappa shape index (κ3) is 9.31. The number of aliphatic carboxylic acids is 1. The van der Waals surface area contributed by atoms with Gasteiger partial charge in [-0.05, 0) is 42.7 Å². The third-order valence-electron chi connectivity index (χ3n) is 4.72. The van der Waals surface area contributed by atoms with Gasteiger partial charge in [-0.1, -0.05) is 53.9 Å². The number of carbonyl (C=O) groups excluding carboxylic acids is 1. The second kappa shape index (κ2) is 14.6. The van der Waals surface area contributed by atoms with Crippen molar-refractivity contribution in [2.75, 3.05) is 19.7 Å². The Hall–Kier alpha value is -2.85. The van der Waals surface area contributed by atoms with Crippen LogP contribution in [0.2, 0.25) is 15.1 Å². The normalized spacial score (nSPS) is 11.3. The van der Waals surface area contributed by atoms with Gasteiger partial charge in [-0.3, -0.25) is 9.36 Å². The van der Waals surface area contributed by atoms with Crippen LogP contribution < -0.4 is 10.5 Å². The molecule has 0 spiro atoms. The molecule has 1 atom stereocenters. The van der Waals surface area contributed by atoms with Crippen molar-refractivity contribution in [1.29, 1.82) is 0 Å². The Morgan fingerprint density at radius 1 is 1.19 bits per heavy atom. The zero-order valence-electron chi connectivity index (χ0n) is 19.4. The summed E-state index contributed by atoms with van der Waals surface area (Å²) in [5.41, 5.74) is 5.87. The van der Waals surface area contributed by atoms with Crippen LogP contribution in [0.25, 0.3) is 0 Å². The molecule has 3 aromatic rings. The van der Waals surface area contributed by atoms with Gasteiger partial charge in [-0.2, -0.15) is 0 Å². The molecule has 3 N–H and O–H groups in total. The van der Waals surface area contributed by atoms with Gasteiger partial charge in [-0.25, -0.2) is 14.2 Å². The Balaban J connectivity index is 0.000000297. The number of imidazole rings is 1. The van der Waals surface area contributed by atoms with Gasteiger partial charge in [0, 0.05) is 24.0 Å². The summed E-state index contributed by atoms with van der Waals surface area (Å²) in [7, 11) is 0. The van der Waals surface area contributed by atoms with Crippen molar-refractivity contribution in [3.8, 4) is 5.75 Å². The van der Waals surface area contributed by atoms with Crippen molar-refractivity contribution in [3.63, 3.8) is 0 Å². The zero-order valence-corrected chi connectivity index (χ0v) is 21.7. The zero-order chi connectivity index (χ0) is 26.7. The largest absolute Gasteiger partial charge is 0.489 e. The Morgan fingerprint density at radius 2 is 1.89 bits per heavy atom. The highest BCUT2D eigenvalue weighted by atomic mass is 35.5. The molecule has 12 heteroatoms. The Kier molecular flexibility index (Phi) is 12.0. The molecule has 0 aliphatic rings. The second-order valence-electron chi connectivity index (χ2n) is 7.57. The average Bonchev–Trinajstić information content (AvgIpc) is 3.35. The van der Waals surface area contributed by atoms with Crippen molar-refractivity contribution < 1.29 is 23.8 Å². The van der Waals surface area contributed by atoms with E-state index in [0.29, 0.717) is 39.5 Å². The fourth-order valence-corrected chi connectivity index (χ4v) is 3.96. The molecule has 0 aliphatic carbocycles. The first-order chi connectivity index (χ1) is 17.1. The lowest BCUT2D eigenvalue weighted by Gasteiger charge is -2.22. The third-order valence-corrected chi connectivity index (χ3v) is 5.50. The van der Waals surface area contributed by atoms with Crippen molar-refractivity contribution >= 4 is 46.8 Å². The van der Waals surface area contributed by atoms with E-state index in [2.05, 4.69) is 4.98 Å². The molecule has 1 heterocycles. The number of benzene rings is 2. The molecule has 0 saturated heterocycles. The Bertz CT molecular complexity index is 1130. The Morgan fingerprint density at radius 3 is 2.44 bits per heavy atom. The Labute approximate surface area is 223 Å². The molecule has 2 aromatic carbocycles. The molecule has 0 aliphatic heterocycles. The maximum absolute atomic E-state index is 12.6. The fraction of sp³-hybridized carbons (Fsp3) is 0.292. The average molecular weight is 560 g/mol. The molecule has 0 radical (unpaired) electrons. The molecule has 0 saturated carbocycles. The molecule has 194 valence electrons. The monoisotopic (exact) mass is 558 g/mol. The highest BCUT2D eigenvalue weighted by Crippen LogP contribution is 2.35. The van der Waals surface area contributed by atoms with Gasteiger partial charge >= 0.3 is 12.0 Å². The molecule has 1 aromatic heterocycles. The number of hydrogen-bond acceptors (Lipinski definition) is 5. The molecule has 36 heavy (non-hydrogen) atoms. The number of carboxylic acid groups (broad SMARTS) is 1. The van der Waals surface area contributed by atoms with Crippen LogP contribution in [0.3, 0.4) is 0 Å². The minimum absolute atomic E-state index is 0.146. The summed E-state index contributed by atoms with van der Waals surface area (Å²) in [4.78, 5) is 28.3. The number of carboxylic acids is 1. The second-order valence-corrected chi connectivity index (χ2v) is 8.82. The predicted molar refractivity (Wildman–Crippen MR) is 138 cm³/mol. The number of nitrogens with two attached hydrogens (primary N) is 1. The maximum atomic E-state index is 12.6. The number of nitrogens with zero attached hydrogens (tertiary/aromatic N) is 3. The molecule has 8 nitrogen and oxygen atoms in total. The van der Waals surface area contributed by atoms with E-state index in [4.69, 9.17) is 50.4 Å². The fourth-order valence-electron chi connectivity index (χ4n) is 3.04. The molecule has 0 bridgehead atoms. The maximum Gasteiger partial charge on any atom is 0.329 e. The van der Waals surface area contributed by atoms with Crippen LogP contribution in [0.1, 0.15) is 18.9 Å². The summed E-state index contributed by atoms with van der Waals surface area (Å²) in [5.74, 6) is -1.09. The number of ether oxygens (including phenoxy) is 1. The highest BCUT2D eigenvalue weighted by Gasteiger charge is 2.16. The van der Waals surface area contributed by atoms with Crippen molar-refractivity contribution in [3.05, 3.63) is 81.6 Å². The van der Waals surface area contributed by atoms with E-state index in [1.807, 2.05) is 6.92 Å². The van der Waals surface area contributed by atoms with Crippen molar-refractivity contribution in [2.24, 2.45) is 5.73 Å². The van der Waals surface area contributed by atoms with Gasteiger partial charge in [0.15, 0.2) is 5.75 Å². The first kappa shape index (κ1) is 29.4. The summed E-state index contributed by atoms with van der Waals surface area (Å²) >= 11 is 18.0. The number of halogens is 4. The van der Waals surface area contributed by atoms with E-state index in [0.717, 1.165) is 6.42 Å². The summed E-state index contributed by atoms with van der Waals surface area (Å²) < 4.78 is 19.7. The van der Waals surface area contributed by atoms with Crippen LogP contribution in [0.15, 0.2) is 55.1 Å². The van der Waals surface area contributed by atoms with Crippen LogP contribution in [0.4, 0.5) is 9.18 Å². The topological polar surface area (TPSA) is 111 Å². The molecule has 0 fully saturated rings. The van der Waals surface area contributed by atoms with E-state index in [-0.39, 0.29) is 24.9 Å². The van der Waals surface area contributed by atoms with Crippen LogP contribution in [0.5, 0.6) is 5.75 Å². The van der Waals surface area contributed by atoms with Gasteiger partial charge in [-0.15, -0.1) is 0 Å². The molecular formula is C24H26Cl3FN4O4. The predicted octanol–water partition coefficient (Wildman–Crippen LogP) is 5.38. The van der Waals surface area contributed by atoms with Crippen molar-refractivity contribution in [2.45, 2.75) is 25.8 Å².